The molecule has 0 spiro atoms. The monoisotopic (exact) mass is 335 g/mol. The first kappa shape index (κ1) is 17.0. The Morgan fingerprint density at radius 3 is 2.39 bits per heavy atom. The molecule has 0 heterocycles. The van der Waals surface area contributed by atoms with Gasteiger partial charge in [0.2, 0.25) is 10.0 Å². The van der Waals surface area contributed by atoms with Gasteiger partial charge in [-0.3, -0.25) is 0 Å². The molecule has 2 aromatic carbocycles. The summed E-state index contributed by atoms with van der Waals surface area (Å²) in [5.74, 6) is -1.13. The molecule has 0 saturated heterocycles. The summed E-state index contributed by atoms with van der Waals surface area (Å²) < 4.78 is 32.5. The second-order valence-corrected chi connectivity index (χ2v) is 6.62. The molecule has 6 nitrogen and oxygen atoms in total. The van der Waals surface area contributed by atoms with Crippen molar-refractivity contribution in [2.24, 2.45) is 0 Å². The van der Waals surface area contributed by atoms with E-state index < -0.39 is 16.0 Å². The minimum atomic E-state index is -3.79. The SMILES string of the molecule is COc1c(C(=O)O)ccc(S(=O)(=O)NCc2ccccc2)c1C. The third-order valence-electron chi connectivity index (χ3n) is 3.39. The number of carboxylic acid groups (broad SMARTS) is 1. The first-order valence-corrected chi connectivity index (χ1v) is 8.29. The highest BCUT2D eigenvalue weighted by molar-refractivity contribution is 7.89. The zero-order valence-corrected chi connectivity index (χ0v) is 13.6. The van der Waals surface area contributed by atoms with Gasteiger partial charge >= 0.3 is 5.97 Å². The summed E-state index contributed by atoms with van der Waals surface area (Å²) >= 11 is 0. The number of hydrogen-bond donors (Lipinski definition) is 2. The maximum absolute atomic E-state index is 12.5. The molecule has 0 aliphatic heterocycles. The number of benzene rings is 2. The highest BCUT2D eigenvalue weighted by Crippen LogP contribution is 2.29. The van der Waals surface area contributed by atoms with Crippen LogP contribution < -0.4 is 9.46 Å². The van der Waals surface area contributed by atoms with E-state index in [0.717, 1.165) is 5.56 Å². The van der Waals surface area contributed by atoms with E-state index in [1.54, 1.807) is 0 Å². The number of rotatable bonds is 6. The van der Waals surface area contributed by atoms with Crippen LogP contribution in [-0.4, -0.2) is 26.6 Å². The molecule has 0 saturated carbocycles. The van der Waals surface area contributed by atoms with Gasteiger partial charge in [-0.1, -0.05) is 30.3 Å². The fraction of sp³-hybridized carbons (Fsp3) is 0.188. The van der Waals surface area contributed by atoms with Gasteiger partial charge in [0.1, 0.15) is 11.3 Å². The van der Waals surface area contributed by atoms with Crippen LogP contribution in [0.15, 0.2) is 47.4 Å². The molecule has 2 N–H and O–H groups in total. The van der Waals surface area contributed by atoms with Gasteiger partial charge in [-0.15, -0.1) is 0 Å². The summed E-state index contributed by atoms with van der Waals surface area (Å²) in [4.78, 5) is 11.2. The van der Waals surface area contributed by atoms with Gasteiger partial charge in [0, 0.05) is 12.1 Å². The lowest BCUT2D eigenvalue weighted by atomic mass is 10.1. The van der Waals surface area contributed by atoms with Crippen molar-refractivity contribution in [2.45, 2.75) is 18.4 Å². The minimum absolute atomic E-state index is 0.00437. The summed E-state index contributed by atoms with van der Waals surface area (Å²) in [5, 5.41) is 9.12. The average molecular weight is 335 g/mol. The van der Waals surface area contributed by atoms with Crippen molar-refractivity contribution in [1.82, 2.24) is 4.72 Å². The van der Waals surface area contributed by atoms with Crippen molar-refractivity contribution < 1.29 is 23.1 Å². The zero-order chi connectivity index (χ0) is 17.0. The molecule has 0 radical (unpaired) electrons. The number of methoxy groups -OCH3 is 1. The molecule has 2 rings (SSSR count). The quantitative estimate of drug-likeness (QED) is 0.844. The number of nitrogens with one attached hydrogen (secondary N) is 1. The van der Waals surface area contributed by atoms with Crippen LogP contribution in [0, 0.1) is 6.92 Å². The molecule has 0 bridgehead atoms. The standard InChI is InChI=1S/C16H17NO5S/c1-11-14(9-8-13(16(18)19)15(11)22-2)23(20,21)17-10-12-6-4-3-5-7-12/h3-9,17H,10H2,1-2H3,(H,18,19). The zero-order valence-electron chi connectivity index (χ0n) is 12.7. The van der Waals surface area contributed by atoms with Crippen LogP contribution in [-0.2, 0) is 16.6 Å². The van der Waals surface area contributed by atoms with E-state index in [-0.39, 0.29) is 28.3 Å². The van der Waals surface area contributed by atoms with Gasteiger partial charge in [-0.2, -0.15) is 0 Å². The van der Waals surface area contributed by atoms with Crippen LogP contribution in [0.3, 0.4) is 0 Å². The van der Waals surface area contributed by atoms with E-state index in [1.165, 1.54) is 26.2 Å². The topological polar surface area (TPSA) is 92.7 Å². The second-order valence-electron chi connectivity index (χ2n) is 4.88. The number of sulfonamides is 1. The van der Waals surface area contributed by atoms with Crippen molar-refractivity contribution in [3.63, 3.8) is 0 Å². The molecule has 0 atom stereocenters. The summed E-state index contributed by atoms with van der Waals surface area (Å²) in [6.07, 6.45) is 0. The molecule has 23 heavy (non-hydrogen) atoms. The first-order chi connectivity index (χ1) is 10.9. The van der Waals surface area contributed by atoms with Crippen LogP contribution >= 0.6 is 0 Å². The van der Waals surface area contributed by atoms with Gasteiger partial charge < -0.3 is 9.84 Å². The Bertz CT molecular complexity index is 816. The third kappa shape index (κ3) is 3.69. The van der Waals surface area contributed by atoms with Crippen molar-refractivity contribution in [3.8, 4) is 5.75 Å². The largest absolute Gasteiger partial charge is 0.496 e. The molecule has 7 heteroatoms. The molecular weight excluding hydrogens is 318 g/mol. The average Bonchev–Trinajstić information content (AvgIpc) is 2.53. The molecule has 0 aliphatic rings. The molecule has 0 aliphatic carbocycles. The summed E-state index contributed by atoms with van der Waals surface area (Å²) in [6.45, 7) is 1.66. The molecule has 0 unspecified atom stereocenters. The van der Waals surface area contributed by atoms with Gasteiger partial charge in [0.25, 0.3) is 0 Å². The number of ether oxygens (including phenoxy) is 1. The van der Waals surface area contributed by atoms with Crippen LogP contribution in [0.25, 0.3) is 0 Å². The van der Waals surface area contributed by atoms with Gasteiger partial charge in [-0.25, -0.2) is 17.9 Å². The fourth-order valence-corrected chi connectivity index (χ4v) is 3.50. The highest BCUT2D eigenvalue weighted by Gasteiger charge is 2.23. The van der Waals surface area contributed by atoms with Crippen LogP contribution in [0.4, 0.5) is 0 Å². The van der Waals surface area contributed by atoms with E-state index in [0.29, 0.717) is 0 Å². The summed E-state index contributed by atoms with van der Waals surface area (Å²) in [6, 6.07) is 11.6. The van der Waals surface area contributed by atoms with Crippen LogP contribution in [0.1, 0.15) is 21.5 Å². The fourth-order valence-electron chi connectivity index (χ4n) is 2.25. The lowest BCUT2D eigenvalue weighted by Gasteiger charge is -2.14. The summed E-state index contributed by atoms with van der Waals surface area (Å²) in [7, 11) is -2.48. The van der Waals surface area contributed by atoms with E-state index in [2.05, 4.69) is 4.72 Å². The number of carboxylic acids is 1. The normalized spacial score (nSPS) is 11.2. The Kier molecular flexibility index (Phi) is 5.02. The predicted octanol–water partition coefficient (Wildman–Crippen LogP) is 2.18. The van der Waals surface area contributed by atoms with E-state index in [9.17, 15) is 13.2 Å². The molecule has 122 valence electrons. The molecule has 0 amide bonds. The smallest absolute Gasteiger partial charge is 0.339 e. The highest BCUT2D eigenvalue weighted by atomic mass is 32.2. The second kappa shape index (κ2) is 6.80. The Morgan fingerprint density at radius 2 is 1.83 bits per heavy atom. The maximum atomic E-state index is 12.5. The van der Waals surface area contributed by atoms with Crippen molar-refractivity contribution in [1.29, 1.82) is 0 Å². The molecular formula is C16H17NO5S. The van der Waals surface area contributed by atoms with Crippen molar-refractivity contribution in [3.05, 3.63) is 59.2 Å². The summed E-state index contributed by atoms with van der Waals surface area (Å²) in [5.41, 5.74) is 1.00. The van der Waals surface area contributed by atoms with Crippen LogP contribution in [0.2, 0.25) is 0 Å². The van der Waals surface area contributed by atoms with Crippen LogP contribution in [0.5, 0.6) is 5.75 Å². The molecule has 0 fully saturated rings. The Balaban J connectivity index is 2.35. The van der Waals surface area contributed by atoms with E-state index >= 15 is 0 Å². The maximum Gasteiger partial charge on any atom is 0.339 e. The van der Waals surface area contributed by atoms with Crippen molar-refractivity contribution >= 4 is 16.0 Å². The lowest BCUT2D eigenvalue weighted by molar-refractivity contribution is 0.0693. The molecule has 2 aromatic rings. The Morgan fingerprint density at radius 1 is 1.17 bits per heavy atom. The number of carbonyl (C=O) groups is 1. The third-order valence-corrected chi connectivity index (χ3v) is 4.94. The predicted molar refractivity (Wildman–Crippen MR) is 85.2 cm³/mol. The Labute approximate surface area is 134 Å². The lowest BCUT2D eigenvalue weighted by Crippen LogP contribution is -2.24. The number of aromatic carboxylic acids is 1. The van der Waals surface area contributed by atoms with Gasteiger partial charge in [0.05, 0.1) is 12.0 Å². The van der Waals surface area contributed by atoms with E-state index in [4.69, 9.17) is 9.84 Å². The van der Waals surface area contributed by atoms with Gasteiger partial charge in [-0.05, 0) is 24.6 Å². The first-order valence-electron chi connectivity index (χ1n) is 6.81. The minimum Gasteiger partial charge on any atom is -0.496 e. The number of hydrogen-bond acceptors (Lipinski definition) is 4. The van der Waals surface area contributed by atoms with Crippen molar-refractivity contribution in [2.75, 3.05) is 7.11 Å². The van der Waals surface area contributed by atoms with Gasteiger partial charge in [0.15, 0.2) is 0 Å². The molecule has 0 aromatic heterocycles. The Hall–Kier alpha value is -2.38. The van der Waals surface area contributed by atoms with E-state index in [1.807, 2.05) is 30.3 Å².